The van der Waals surface area contributed by atoms with Crippen molar-refractivity contribution >= 4 is 28.3 Å². The zero-order chi connectivity index (χ0) is 16.9. The highest BCUT2D eigenvalue weighted by Crippen LogP contribution is 2.19. The number of hydrogen-bond donors (Lipinski definition) is 2. The number of benzene rings is 1. The molecule has 0 bridgehead atoms. The monoisotopic (exact) mass is 346 g/mol. The van der Waals surface area contributed by atoms with Crippen LogP contribution in [0.1, 0.15) is 20.8 Å². The molecule has 1 aliphatic heterocycles. The Morgan fingerprint density at radius 1 is 1.25 bits per heavy atom. The number of thiazole rings is 1. The van der Waals surface area contributed by atoms with Crippen molar-refractivity contribution in [2.75, 3.05) is 38.6 Å². The van der Waals surface area contributed by atoms with Crippen molar-refractivity contribution in [2.45, 2.75) is 0 Å². The maximum absolute atomic E-state index is 12.4. The quantitative estimate of drug-likeness (QED) is 0.875. The van der Waals surface area contributed by atoms with E-state index in [1.807, 2.05) is 0 Å². The zero-order valence-corrected chi connectivity index (χ0v) is 14.1. The molecular formula is C16H18N4O3S. The number of methoxy groups -OCH3 is 1. The summed E-state index contributed by atoms with van der Waals surface area (Å²) in [7, 11) is 1.57. The van der Waals surface area contributed by atoms with Gasteiger partial charge in [-0.05, 0) is 24.3 Å². The first kappa shape index (κ1) is 16.4. The summed E-state index contributed by atoms with van der Waals surface area (Å²) < 4.78 is 5.07. The summed E-state index contributed by atoms with van der Waals surface area (Å²) >= 11 is 1.24. The third kappa shape index (κ3) is 3.72. The highest BCUT2D eigenvalue weighted by Gasteiger charge is 2.21. The molecule has 0 spiro atoms. The van der Waals surface area contributed by atoms with E-state index in [2.05, 4.69) is 15.6 Å². The summed E-state index contributed by atoms with van der Waals surface area (Å²) in [6.07, 6.45) is 0. The van der Waals surface area contributed by atoms with Crippen molar-refractivity contribution in [1.82, 2.24) is 15.2 Å². The fourth-order valence-corrected chi connectivity index (χ4v) is 3.05. The number of piperazine rings is 1. The summed E-state index contributed by atoms with van der Waals surface area (Å²) in [5, 5.41) is 8.01. The molecule has 0 unspecified atom stereocenters. The van der Waals surface area contributed by atoms with Crippen LogP contribution in [0.15, 0.2) is 29.6 Å². The van der Waals surface area contributed by atoms with Gasteiger partial charge in [0, 0.05) is 37.1 Å². The molecule has 7 nitrogen and oxygen atoms in total. The summed E-state index contributed by atoms with van der Waals surface area (Å²) in [4.78, 5) is 30.6. The second kappa shape index (κ2) is 7.41. The smallest absolute Gasteiger partial charge is 0.273 e. The number of anilines is 1. The van der Waals surface area contributed by atoms with Crippen LogP contribution < -0.4 is 15.4 Å². The maximum Gasteiger partial charge on any atom is 0.273 e. The first-order valence-electron chi connectivity index (χ1n) is 7.58. The van der Waals surface area contributed by atoms with Gasteiger partial charge in [0.15, 0.2) is 5.13 Å². The Morgan fingerprint density at radius 3 is 2.62 bits per heavy atom. The number of carbonyl (C=O) groups is 2. The normalized spacial score (nSPS) is 14.3. The Kier molecular flexibility index (Phi) is 5.07. The van der Waals surface area contributed by atoms with Gasteiger partial charge in [-0.1, -0.05) is 0 Å². The average molecular weight is 346 g/mol. The molecule has 2 N–H and O–H groups in total. The van der Waals surface area contributed by atoms with Gasteiger partial charge in [0.1, 0.15) is 11.4 Å². The van der Waals surface area contributed by atoms with Crippen LogP contribution in [0.3, 0.4) is 0 Å². The largest absolute Gasteiger partial charge is 0.497 e. The summed E-state index contributed by atoms with van der Waals surface area (Å²) in [5.74, 6) is 0.315. The number of hydrogen-bond acceptors (Lipinski definition) is 6. The van der Waals surface area contributed by atoms with E-state index in [1.165, 1.54) is 11.3 Å². The first-order chi connectivity index (χ1) is 11.7. The van der Waals surface area contributed by atoms with Crippen LogP contribution in [-0.4, -0.2) is 55.0 Å². The van der Waals surface area contributed by atoms with Crippen LogP contribution in [0.25, 0.3) is 0 Å². The maximum atomic E-state index is 12.4. The molecular weight excluding hydrogens is 328 g/mol. The van der Waals surface area contributed by atoms with Gasteiger partial charge in [-0.15, -0.1) is 11.3 Å². The molecule has 8 heteroatoms. The van der Waals surface area contributed by atoms with E-state index in [4.69, 9.17) is 4.74 Å². The highest BCUT2D eigenvalue weighted by molar-refractivity contribution is 7.14. The number of nitrogens with one attached hydrogen (secondary N) is 2. The van der Waals surface area contributed by atoms with Gasteiger partial charge >= 0.3 is 0 Å². The molecule has 3 rings (SSSR count). The molecule has 2 aromatic rings. The van der Waals surface area contributed by atoms with Gasteiger partial charge < -0.3 is 15.0 Å². The van der Waals surface area contributed by atoms with Crippen LogP contribution in [0.5, 0.6) is 5.75 Å². The number of aromatic nitrogens is 1. The number of amides is 2. The molecule has 1 aliphatic rings. The SMILES string of the molecule is COc1ccc(C(=O)Nc2nc(C(=O)N3CCNCC3)cs2)cc1. The van der Waals surface area contributed by atoms with Crippen LogP contribution in [0.2, 0.25) is 0 Å². The number of carbonyl (C=O) groups excluding carboxylic acids is 2. The zero-order valence-electron chi connectivity index (χ0n) is 13.2. The molecule has 2 amide bonds. The minimum Gasteiger partial charge on any atom is -0.497 e. The minimum atomic E-state index is -0.270. The fourth-order valence-electron chi connectivity index (χ4n) is 2.37. The summed E-state index contributed by atoms with van der Waals surface area (Å²) in [5.41, 5.74) is 0.868. The predicted molar refractivity (Wildman–Crippen MR) is 91.8 cm³/mol. The molecule has 0 aliphatic carbocycles. The fraction of sp³-hybridized carbons (Fsp3) is 0.312. The van der Waals surface area contributed by atoms with Gasteiger partial charge in [-0.2, -0.15) is 0 Å². The number of ether oxygens (including phenoxy) is 1. The Labute approximate surface area is 143 Å². The van der Waals surface area contributed by atoms with Crippen LogP contribution in [0, 0.1) is 0 Å². The third-order valence-electron chi connectivity index (χ3n) is 3.70. The van der Waals surface area contributed by atoms with Crippen molar-refractivity contribution in [3.05, 3.63) is 40.9 Å². The van der Waals surface area contributed by atoms with E-state index in [-0.39, 0.29) is 11.8 Å². The highest BCUT2D eigenvalue weighted by atomic mass is 32.1. The molecule has 2 heterocycles. The first-order valence-corrected chi connectivity index (χ1v) is 8.46. The Hall–Kier alpha value is -2.45. The lowest BCUT2D eigenvalue weighted by Gasteiger charge is -2.26. The second-order valence-corrected chi connectivity index (χ2v) is 6.12. The molecule has 0 atom stereocenters. The predicted octanol–water partition coefficient (Wildman–Crippen LogP) is 1.45. The van der Waals surface area contributed by atoms with Gasteiger partial charge in [-0.3, -0.25) is 14.9 Å². The summed E-state index contributed by atoms with van der Waals surface area (Å²) in [6, 6.07) is 6.79. The molecule has 126 valence electrons. The standard InChI is InChI=1S/C16H18N4O3S/c1-23-12-4-2-11(3-5-12)14(21)19-16-18-13(10-24-16)15(22)20-8-6-17-7-9-20/h2-5,10,17H,6-9H2,1H3,(H,18,19,21). The van der Waals surface area contributed by atoms with Gasteiger partial charge in [0.2, 0.25) is 0 Å². The topological polar surface area (TPSA) is 83.6 Å². The van der Waals surface area contributed by atoms with Crippen molar-refractivity contribution in [3.63, 3.8) is 0 Å². The molecule has 1 fully saturated rings. The molecule has 0 saturated carbocycles. The van der Waals surface area contributed by atoms with E-state index in [0.717, 1.165) is 13.1 Å². The molecule has 24 heavy (non-hydrogen) atoms. The van der Waals surface area contributed by atoms with Crippen LogP contribution in [-0.2, 0) is 0 Å². The van der Waals surface area contributed by atoms with Gasteiger partial charge in [-0.25, -0.2) is 4.98 Å². The molecule has 1 saturated heterocycles. The van der Waals surface area contributed by atoms with Crippen molar-refractivity contribution in [1.29, 1.82) is 0 Å². The minimum absolute atomic E-state index is 0.0994. The van der Waals surface area contributed by atoms with E-state index < -0.39 is 0 Å². The van der Waals surface area contributed by atoms with Gasteiger partial charge in [0.05, 0.1) is 7.11 Å². The van der Waals surface area contributed by atoms with E-state index >= 15 is 0 Å². The number of nitrogens with zero attached hydrogens (tertiary/aromatic N) is 2. The van der Waals surface area contributed by atoms with Crippen molar-refractivity contribution in [2.24, 2.45) is 0 Å². The Bertz CT molecular complexity index is 723. The van der Waals surface area contributed by atoms with Crippen LogP contribution in [0.4, 0.5) is 5.13 Å². The van der Waals surface area contributed by atoms with Gasteiger partial charge in [0.25, 0.3) is 11.8 Å². The Balaban J connectivity index is 1.64. The van der Waals surface area contributed by atoms with E-state index in [9.17, 15) is 9.59 Å². The molecule has 1 aromatic carbocycles. The van der Waals surface area contributed by atoms with Crippen LogP contribution >= 0.6 is 11.3 Å². The lowest BCUT2D eigenvalue weighted by atomic mass is 10.2. The second-order valence-electron chi connectivity index (χ2n) is 5.26. The number of rotatable bonds is 4. The average Bonchev–Trinajstić information content (AvgIpc) is 3.10. The van der Waals surface area contributed by atoms with Crippen molar-refractivity contribution < 1.29 is 14.3 Å². The summed E-state index contributed by atoms with van der Waals surface area (Å²) in [6.45, 7) is 2.92. The lowest BCUT2D eigenvalue weighted by molar-refractivity contribution is 0.0730. The van der Waals surface area contributed by atoms with E-state index in [0.29, 0.717) is 35.2 Å². The molecule has 0 radical (unpaired) electrons. The third-order valence-corrected chi connectivity index (χ3v) is 4.46. The van der Waals surface area contributed by atoms with E-state index in [1.54, 1.807) is 41.7 Å². The lowest BCUT2D eigenvalue weighted by Crippen LogP contribution is -2.46. The molecule has 1 aromatic heterocycles. The van der Waals surface area contributed by atoms with Crippen molar-refractivity contribution in [3.8, 4) is 5.75 Å². The Morgan fingerprint density at radius 2 is 1.96 bits per heavy atom.